The molecule has 1 aromatic carbocycles. The second-order valence-corrected chi connectivity index (χ2v) is 8.60. The third kappa shape index (κ3) is 3.78. The second kappa shape index (κ2) is 6.37. The summed E-state index contributed by atoms with van der Waals surface area (Å²) in [5.41, 5.74) is 0.617. The summed E-state index contributed by atoms with van der Waals surface area (Å²) in [6, 6.07) is 6.06. The first kappa shape index (κ1) is 16.3. The lowest BCUT2D eigenvalue weighted by Crippen LogP contribution is -2.48. The first-order valence-corrected chi connectivity index (χ1v) is 9.40. The molecule has 0 amide bonds. The zero-order chi connectivity index (χ0) is 15.6. The molecule has 2 unspecified atom stereocenters. The summed E-state index contributed by atoms with van der Waals surface area (Å²) >= 11 is 1.77. The van der Waals surface area contributed by atoms with Gasteiger partial charge in [0.25, 0.3) is 0 Å². The van der Waals surface area contributed by atoms with Crippen molar-refractivity contribution in [2.75, 3.05) is 12.3 Å². The number of carboxylic acid groups (broad SMARTS) is 1. The lowest BCUT2D eigenvalue weighted by molar-refractivity contribution is 0.0696. The normalized spacial score (nSPS) is 23.9. The van der Waals surface area contributed by atoms with Crippen LogP contribution in [0.25, 0.3) is 0 Å². The summed E-state index contributed by atoms with van der Waals surface area (Å²) in [6.45, 7) is 4.46. The van der Waals surface area contributed by atoms with Gasteiger partial charge in [0.2, 0.25) is 10.0 Å². The molecule has 1 N–H and O–H groups in total. The van der Waals surface area contributed by atoms with Gasteiger partial charge in [0.05, 0.1) is 11.3 Å². The number of sulfonamides is 1. The zero-order valence-corrected chi connectivity index (χ0v) is 13.7. The largest absolute Gasteiger partial charge is 0.478 e. The van der Waals surface area contributed by atoms with Crippen molar-refractivity contribution in [1.82, 2.24) is 4.31 Å². The molecule has 0 aromatic heterocycles. The highest BCUT2D eigenvalue weighted by Crippen LogP contribution is 2.27. The number of benzene rings is 1. The third-order valence-corrected chi connectivity index (χ3v) is 6.97. The van der Waals surface area contributed by atoms with Gasteiger partial charge in [-0.1, -0.05) is 19.1 Å². The van der Waals surface area contributed by atoms with Crippen molar-refractivity contribution in [1.29, 1.82) is 0 Å². The van der Waals surface area contributed by atoms with Crippen LogP contribution < -0.4 is 0 Å². The quantitative estimate of drug-likeness (QED) is 0.915. The van der Waals surface area contributed by atoms with Crippen molar-refractivity contribution in [3.8, 4) is 0 Å². The van der Waals surface area contributed by atoms with Gasteiger partial charge in [0.15, 0.2) is 0 Å². The van der Waals surface area contributed by atoms with E-state index in [1.54, 1.807) is 28.2 Å². The molecule has 1 aliphatic rings. The average molecular weight is 329 g/mol. The van der Waals surface area contributed by atoms with Crippen LogP contribution in [0.5, 0.6) is 0 Å². The van der Waals surface area contributed by atoms with E-state index in [2.05, 4.69) is 0 Å². The molecule has 0 saturated carbocycles. The van der Waals surface area contributed by atoms with Crippen LogP contribution in [-0.2, 0) is 15.8 Å². The van der Waals surface area contributed by atoms with Gasteiger partial charge in [0, 0.05) is 23.6 Å². The fourth-order valence-corrected chi connectivity index (χ4v) is 5.50. The van der Waals surface area contributed by atoms with E-state index in [9.17, 15) is 13.2 Å². The summed E-state index contributed by atoms with van der Waals surface area (Å²) in [5.74, 6) is -0.416. The van der Waals surface area contributed by atoms with Crippen molar-refractivity contribution in [2.24, 2.45) is 0 Å². The maximum atomic E-state index is 12.6. The Hall–Kier alpha value is -1.05. The van der Waals surface area contributed by atoms with E-state index >= 15 is 0 Å². The highest BCUT2D eigenvalue weighted by atomic mass is 32.2. The molecule has 1 heterocycles. The number of aromatic carboxylic acids is 1. The summed E-state index contributed by atoms with van der Waals surface area (Å²) in [4.78, 5) is 11.0. The van der Waals surface area contributed by atoms with Crippen LogP contribution in [0.1, 0.15) is 29.8 Å². The van der Waals surface area contributed by atoms with E-state index in [0.29, 0.717) is 12.1 Å². The maximum Gasteiger partial charge on any atom is 0.335 e. The number of thioether (sulfide) groups is 1. The molecule has 2 atom stereocenters. The van der Waals surface area contributed by atoms with Crippen LogP contribution in [0.4, 0.5) is 0 Å². The third-order valence-electron chi connectivity index (χ3n) is 3.71. The van der Waals surface area contributed by atoms with Crippen LogP contribution >= 0.6 is 11.8 Å². The van der Waals surface area contributed by atoms with E-state index in [1.807, 2.05) is 13.8 Å². The Morgan fingerprint density at radius 1 is 1.43 bits per heavy atom. The van der Waals surface area contributed by atoms with Crippen LogP contribution in [0.15, 0.2) is 24.3 Å². The predicted molar refractivity (Wildman–Crippen MR) is 84.1 cm³/mol. The minimum Gasteiger partial charge on any atom is -0.478 e. The zero-order valence-electron chi connectivity index (χ0n) is 12.0. The number of nitrogens with zero attached hydrogens (tertiary/aromatic N) is 1. The van der Waals surface area contributed by atoms with Crippen molar-refractivity contribution in [3.63, 3.8) is 0 Å². The molecule has 0 radical (unpaired) electrons. The van der Waals surface area contributed by atoms with Gasteiger partial charge in [-0.25, -0.2) is 13.2 Å². The van der Waals surface area contributed by atoms with E-state index in [0.717, 1.165) is 5.75 Å². The smallest absolute Gasteiger partial charge is 0.335 e. The number of rotatable bonds is 4. The van der Waals surface area contributed by atoms with Gasteiger partial charge < -0.3 is 5.11 Å². The molecule has 0 bridgehead atoms. The summed E-state index contributed by atoms with van der Waals surface area (Å²) < 4.78 is 26.7. The Bertz CT molecular complexity index is 630. The summed E-state index contributed by atoms with van der Waals surface area (Å²) in [6.07, 6.45) is 0. The number of carbonyl (C=O) groups is 1. The van der Waals surface area contributed by atoms with Gasteiger partial charge in [-0.05, 0) is 24.6 Å². The molecular formula is C14H19NO4S2. The van der Waals surface area contributed by atoms with Gasteiger partial charge in [0.1, 0.15) is 0 Å². The number of hydrogen-bond acceptors (Lipinski definition) is 4. The van der Waals surface area contributed by atoms with Crippen LogP contribution in [0.2, 0.25) is 0 Å². The maximum absolute atomic E-state index is 12.6. The van der Waals surface area contributed by atoms with Crippen molar-refractivity contribution in [2.45, 2.75) is 30.9 Å². The van der Waals surface area contributed by atoms with Gasteiger partial charge in [-0.15, -0.1) is 0 Å². The Balaban J connectivity index is 2.21. The molecule has 1 fully saturated rings. The monoisotopic (exact) mass is 329 g/mol. The fourth-order valence-electron chi connectivity index (χ4n) is 2.39. The Kier molecular flexibility index (Phi) is 4.95. The van der Waals surface area contributed by atoms with Crippen LogP contribution in [0.3, 0.4) is 0 Å². The Labute approximate surface area is 129 Å². The topological polar surface area (TPSA) is 74.7 Å². The van der Waals surface area contributed by atoms with E-state index in [-0.39, 0.29) is 22.6 Å². The molecule has 116 valence electrons. The second-order valence-electron chi connectivity index (χ2n) is 5.19. The number of hydrogen-bond donors (Lipinski definition) is 1. The first-order valence-electron chi connectivity index (χ1n) is 6.74. The Morgan fingerprint density at radius 2 is 2.14 bits per heavy atom. The SMILES string of the molecule is CC1SCCN(S(=O)(=O)Cc2cccc(C(=O)O)c2)C1C. The standard InChI is InChI=1S/C14H19NO4S2/c1-10-11(2)20-7-6-15(10)21(18,19)9-12-4-3-5-13(8-12)14(16)17/h3-5,8,10-11H,6-7,9H2,1-2H3,(H,16,17). The first-order chi connectivity index (χ1) is 9.81. The fraction of sp³-hybridized carbons (Fsp3) is 0.500. The molecule has 2 rings (SSSR count). The van der Waals surface area contributed by atoms with E-state index < -0.39 is 16.0 Å². The minimum absolute atomic E-state index is 0.0450. The molecule has 0 spiro atoms. The van der Waals surface area contributed by atoms with Gasteiger partial charge in [-0.2, -0.15) is 16.1 Å². The van der Waals surface area contributed by atoms with Gasteiger partial charge >= 0.3 is 5.97 Å². The molecule has 1 saturated heterocycles. The van der Waals surface area contributed by atoms with Crippen molar-refractivity contribution in [3.05, 3.63) is 35.4 Å². The highest BCUT2D eigenvalue weighted by Gasteiger charge is 2.33. The van der Waals surface area contributed by atoms with E-state index in [1.165, 1.54) is 12.1 Å². The lowest BCUT2D eigenvalue weighted by atomic mass is 10.1. The molecule has 1 aliphatic heterocycles. The molecule has 0 aliphatic carbocycles. The molecule has 1 aromatic rings. The lowest BCUT2D eigenvalue weighted by Gasteiger charge is -2.36. The molecule has 5 nitrogen and oxygen atoms in total. The van der Waals surface area contributed by atoms with Crippen LogP contribution in [-0.4, -0.2) is 47.4 Å². The minimum atomic E-state index is -3.43. The predicted octanol–water partition coefficient (Wildman–Crippen LogP) is 2.04. The molecular weight excluding hydrogens is 310 g/mol. The summed E-state index contributed by atoms with van der Waals surface area (Å²) in [7, 11) is -3.43. The van der Waals surface area contributed by atoms with Crippen molar-refractivity contribution >= 4 is 27.8 Å². The average Bonchev–Trinajstić information content (AvgIpc) is 2.41. The van der Waals surface area contributed by atoms with Gasteiger partial charge in [-0.3, -0.25) is 0 Å². The highest BCUT2D eigenvalue weighted by molar-refractivity contribution is 8.00. The molecule has 21 heavy (non-hydrogen) atoms. The summed E-state index contributed by atoms with van der Waals surface area (Å²) in [5, 5.41) is 9.23. The van der Waals surface area contributed by atoms with E-state index in [4.69, 9.17) is 5.11 Å². The number of carboxylic acids is 1. The van der Waals surface area contributed by atoms with Crippen LogP contribution in [0, 0.1) is 0 Å². The Morgan fingerprint density at radius 3 is 2.81 bits per heavy atom. The van der Waals surface area contributed by atoms with Crippen molar-refractivity contribution < 1.29 is 18.3 Å². The molecule has 7 heteroatoms.